The lowest BCUT2D eigenvalue weighted by molar-refractivity contribution is -0.763. The lowest BCUT2D eigenvalue weighted by Gasteiger charge is -1.91. The van der Waals surface area contributed by atoms with E-state index in [2.05, 4.69) is 32.4 Å². The SMILES string of the molecule is CCC1=C[NH+](C)C=C1.[C-]#N. The average molecular weight is 136 g/mol. The van der Waals surface area contributed by atoms with Crippen molar-refractivity contribution in [2.45, 2.75) is 13.3 Å². The van der Waals surface area contributed by atoms with Gasteiger partial charge in [-0.3, -0.25) is 4.90 Å². The number of nitrogens with one attached hydrogen (secondary N) is 1. The molecule has 0 spiro atoms. The zero-order chi connectivity index (χ0) is 7.98. The van der Waals surface area contributed by atoms with Crippen molar-refractivity contribution in [3.63, 3.8) is 0 Å². The van der Waals surface area contributed by atoms with Crippen LogP contribution in [0.5, 0.6) is 0 Å². The summed E-state index contributed by atoms with van der Waals surface area (Å²) in [5, 5.41) is 6.25. The fraction of sp³-hybridized carbons (Fsp3) is 0.375. The van der Waals surface area contributed by atoms with E-state index >= 15 is 0 Å². The van der Waals surface area contributed by atoms with Crippen molar-refractivity contribution in [3.05, 3.63) is 30.6 Å². The molecule has 0 aliphatic carbocycles. The Hall–Kier alpha value is -1.07. The van der Waals surface area contributed by atoms with Gasteiger partial charge in [0.1, 0.15) is 6.20 Å². The van der Waals surface area contributed by atoms with Crippen LogP contribution in [0, 0.1) is 11.8 Å². The van der Waals surface area contributed by atoms with Crippen molar-refractivity contribution < 1.29 is 4.90 Å². The molecule has 1 unspecified atom stereocenters. The van der Waals surface area contributed by atoms with Gasteiger partial charge >= 0.3 is 0 Å². The fourth-order valence-electron chi connectivity index (χ4n) is 0.847. The second kappa shape index (κ2) is 4.78. The van der Waals surface area contributed by atoms with Crippen LogP contribution in [0.15, 0.2) is 24.0 Å². The fourth-order valence-corrected chi connectivity index (χ4v) is 0.847. The molecule has 2 nitrogen and oxygen atoms in total. The van der Waals surface area contributed by atoms with E-state index in [4.69, 9.17) is 11.8 Å². The third kappa shape index (κ3) is 2.47. The van der Waals surface area contributed by atoms with Gasteiger partial charge in [-0.15, -0.1) is 0 Å². The molecule has 2 heteroatoms. The molecule has 1 atom stereocenters. The first-order chi connectivity index (χ1) is 4.83. The predicted octanol–water partition coefficient (Wildman–Crippen LogP) is 0.419. The summed E-state index contributed by atoms with van der Waals surface area (Å²) in [6, 6.07) is 0. The molecule has 1 aliphatic rings. The molecule has 1 rings (SSSR count). The Morgan fingerprint density at radius 3 is 2.40 bits per heavy atom. The normalized spacial score (nSPS) is 21.2. The molecule has 1 N–H and O–H groups in total. The van der Waals surface area contributed by atoms with E-state index in [1.807, 2.05) is 0 Å². The van der Waals surface area contributed by atoms with Gasteiger partial charge in [0.15, 0.2) is 0 Å². The molecular formula is C8H12N2. The Morgan fingerprint density at radius 2 is 2.20 bits per heavy atom. The van der Waals surface area contributed by atoms with Gasteiger partial charge in [-0.25, -0.2) is 0 Å². The molecule has 0 saturated heterocycles. The zero-order valence-electron chi connectivity index (χ0n) is 6.39. The molecule has 54 valence electrons. The largest absolute Gasteiger partial charge is 0.512 e. The van der Waals surface area contributed by atoms with Crippen LogP contribution in [0.4, 0.5) is 0 Å². The molecule has 0 aromatic carbocycles. The Morgan fingerprint density at radius 1 is 1.60 bits per heavy atom. The van der Waals surface area contributed by atoms with E-state index < -0.39 is 0 Å². The molecule has 1 heterocycles. The predicted molar refractivity (Wildman–Crippen MR) is 39.4 cm³/mol. The first kappa shape index (κ1) is 8.93. The summed E-state index contributed by atoms with van der Waals surface area (Å²) >= 11 is 0. The monoisotopic (exact) mass is 136 g/mol. The number of quaternary nitrogens is 1. The number of allylic oxidation sites excluding steroid dienone is 2. The van der Waals surface area contributed by atoms with Crippen LogP contribution in [0.2, 0.25) is 0 Å². The summed E-state index contributed by atoms with van der Waals surface area (Å²) in [5.74, 6) is 0. The summed E-state index contributed by atoms with van der Waals surface area (Å²) in [5.41, 5.74) is 1.45. The van der Waals surface area contributed by atoms with Crippen molar-refractivity contribution in [1.29, 1.82) is 5.26 Å². The van der Waals surface area contributed by atoms with E-state index in [1.165, 1.54) is 10.5 Å². The molecule has 0 radical (unpaired) electrons. The molecule has 0 saturated carbocycles. The maximum Gasteiger partial charge on any atom is 0.102 e. The first-order valence-corrected chi connectivity index (χ1v) is 3.27. The highest BCUT2D eigenvalue weighted by Crippen LogP contribution is 2.00. The van der Waals surface area contributed by atoms with E-state index in [0.29, 0.717) is 0 Å². The zero-order valence-corrected chi connectivity index (χ0v) is 6.39. The smallest absolute Gasteiger partial charge is 0.102 e. The minimum atomic E-state index is 1.16. The molecule has 1 aliphatic heterocycles. The third-order valence-corrected chi connectivity index (χ3v) is 1.38. The summed E-state index contributed by atoms with van der Waals surface area (Å²) in [4.78, 5) is 1.38. The maximum absolute atomic E-state index is 6.25. The highest BCUT2D eigenvalue weighted by Gasteiger charge is 2.01. The number of hydrogen-bond donors (Lipinski definition) is 1. The maximum atomic E-state index is 6.25. The summed E-state index contributed by atoms with van der Waals surface area (Å²) < 4.78 is 0. The van der Waals surface area contributed by atoms with Gasteiger partial charge in [0.25, 0.3) is 0 Å². The van der Waals surface area contributed by atoms with E-state index in [9.17, 15) is 0 Å². The van der Waals surface area contributed by atoms with Crippen LogP contribution < -0.4 is 4.90 Å². The molecule has 0 fully saturated rings. The minimum absolute atomic E-state index is 1.16. The van der Waals surface area contributed by atoms with Gasteiger partial charge in [0.05, 0.1) is 13.2 Å². The van der Waals surface area contributed by atoms with Gasteiger partial charge in [0.2, 0.25) is 0 Å². The van der Waals surface area contributed by atoms with Crippen molar-refractivity contribution in [3.8, 4) is 0 Å². The summed E-state index contributed by atoms with van der Waals surface area (Å²) in [6.07, 6.45) is 7.71. The highest BCUT2D eigenvalue weighted by atomic mass is 15.1. The van der Waals surface area contributed by atoms with Gasteiger partial charge < -0.3 is 11.8 Å². The summed E-state index contributed by atoms with van der Waals surface area (Å²) in [6.45, 7) is 6.93. The summed E-state index contributed by atoms with van der Waals surface area (Å²) in [7, 11) is 2.12. The van der Waals surface area contributed by atoms with E-state index in [-0.39, 0.29) is 0 Å². The first-order valence-electron chi connectivity index (χ1n) is 3.27. The van der Waals surface area contributed by atoms with Gasteiger partial charge in [-0.05, 0) is 6.42 Å². The lowest BCUT2D eigenvalue weighted by atomic mass is 10.2. The molecule has 0 aromatic rings. The molecule has 0 bridgehead atoms. The standard InChI is InChI=1S/C7H11N.CN/c1-3-7-4-5-8(2)6-7;1-2/h4-6H,3H2,1-2H3;/q;-1/p+1. The van der Waals surface area contributed by atoms with Crippen LogP contribution in [0.25, 0.3) is 0 Å². The quantitative estimate of drug-likeness (QED) is 0.520. The Bertz CT molecular complexity index is 165. The van der Waals surface area contributed by atoms with Crippen molar-refractivity contribution in [2.75, 3.05) is 7.05 Å². The minimum Gasteiger partial charge on any atom is -0.512 e. The molecule has 0 amide bonds. The van der Waals surface area contributed by atoms with Gasteiger partial charge in [-0.1, -0.05) is 6.92 Å². The van der Waals surface area contributed by atoms with Crippen LogP contribution >= 0.6 is 0 Å². The number of nitrogens with zero attached hydrogens (tertiary/aromatic N) is 1. The van der Waals surface area contributed by atoms with Crippen LogP contribution in [0.3, 0.4) is 0 Å². The van der Waals surface area contributed by atoms with Gasteiger partial charge in [-0.2, -0.15) is 0 Å². The molecule has 10 heavy (non-hydrogen) atoms. The van der Waals surface area contributed by atoms with E-state index in [0.717, 1.165) is 6.42 Å². The van der Waals surface area contributed by atoms with Crippen molar-refractivity contribution in [1.82, 2.24) is 0 Å². The van der Waals surface area contributed by atoms with Crippen LogP contribution in [-0.4, -0.2) is 7.05 Å². The van der Waals surface area contributed by atoms with Crippen molar-refractivity contribution >= 4 is 0 Å². The second-order valence-corrected chi connectivity index (χ2v) is 2.15. The number of rotatable bonds is 1. The topological polar surface area (TPSA) is 28.2 Å². The van der Waals surface area contributed by atoms with Crippen LogP contribution in [-0.2, 0) is 0 Å². The number of hydrogen-bond acceptors (Lipinski definition) is 1. The van der Waals surface area contributed by atoms with Crippen molar-refractivity contribution in [2.24, 2.45) is 0 Å². The average Bonchev–Trinajstić information content (AvgIpc) is 2.40. The Balaban J connectivity index is 0.000000371. The Kier molecular flexibility index (Phi) is 4.26. The third-order valence-electron chi connectivity index (χ3n) is 1.38. The lowest BCUT2D eigenvalue weighted by Crippen LogP contribution is -2.98. The second-order valence-electron chi connectivity index (χ2n) is 2.15. The van der Waals surface area contributed by atoms with Gasteiger partial charge in [0, 0.05) is 11.6 Å². The van der Waals surface area contributed by atoms with E-state index in [1.54, 1.807) is 0 Å². The van der Waals surface area contributed by atoms with Crippen LogP contribution in [0.1, 0.15) is 13.3 Å². The molecular weight excluding hydrogens is 124 g/mol. The highest BCUT2D eigenvalue weighted by molar-refractivity contribution is 5.16. The Labute approximate surface area is 62.1 Å². The molecule has 0 aromatic heterocycles.